The number of aryl methyl sites for hydroxylation is 1. The number of hydrogen-bond acceptors (Lipinski definition) is 5. The number of ketones is 1. The third kappa shape index (κ3) is 3.49. The van der Waals surface area contributed by atoms with E-state index in [1.165, 1.54) is 0 Å². The molecule has 1 fully saturated rings. The molecule has 1 aliphatic rings. The zero-order chi connectivity index (χ0) is 15.4. The lowest BCUT2D eigenvalue weighted by molar-refractivity contribution is 0.0992. The van der Waals surface area contributed by atoms with Gasteiger partial charge in [-0.1, -0.05) is 19.1 Å². The average Bonchev–Trinajstić information content (AvgIpc) is 2.52. The summed E-state index contributed by atoms with van der Waals surface area (Å²) in [4.78, 5) is 20.5. The van der Waals surface area contributed by atoms with Crippen LogP contribution in [0.5, 0.6) is 5.75 Å². The molecule has 0 spiro atoms. The first-order chi connectivity index (χ1) is 10.7. The summed E-state index contributed by atoms with van der Waals surface area (Å²) in [5, 5.41) is 3.16. The SMILES string of the molecule is CCc1ncc(C(=O)Cc2ccc(OC3CNC3)cc2)cn1. The van der Waals surface area contributed by atoms with E-state index in [4.69, 9.17) is 4.74 Å². The van der Waals surface area contributed by atoms with Crippen molar-refractivity contribution in [2.75, 3.05) is 13.1 Å². The molecule has 0 aliphatic carbocycles. The minimum absolute atomic E-state index is 0.0273. The van der Waals surface area contributed by atoms with Gasteiger partial charge >= 0.3 is 0 Å². The van der Waals surface area contributed by atoms with Crippen molar-refractivity contribution in [1.29, 1.82) is 0 Å². The molecule has 5 heteroatoms. The van der Waals surface area contributed by atoms with Crippen LogP contribution in [0.3, 0.4) is 0 Å². The maximum Gasteiger partial charge on any atom is 0.170 e. The molecule has 1 aliphatic heterocycles. The molecular formula is C17H19N3O2. The lowest BCUT2D eigenvalue weighted by Crippen LogP contribution is -2.50. The van der Waals surface area contributed by atoms with Gasteiger partial charge in [0, 0.05) is 38.3 Å². The summed E-state index contributed by atoms with van der Waals surface area (Å²) in [6.07, 6.45) is 4.60. The Morgan fingerprint density at radius 1 is 1.23 bits per heavy atom. The predicted molar refractivity (Wildman–Crippen MR) is 83.2 cm³/mol. The number of rotatable bonds is 6. The molecule has 1 aromatic carbocycles. The summed E-state index contributed by atoms with van der Waals surface area (Å²) in [6.45, 7) is 3.78. The largest absolute Gasteiger partial charge is 0.488 e. The summed E-state index contributed by atoms with van der Waals surface area (Å²) in [5.41, 5.74) is 1.52. The zero-order valence-electron chi connectivity index (χ0n) is 12.6. The van der Waals surface area contributed by atoms with Crippen LogP contribution in [0.1, 0.15) is 28.7 Å². The summed E-state index contributed by atoms with van der Waals surface area (Å²) in [7, 11) is 0. The van der Waals surface area contributed by atoms with Gasteiger partial charge in [0.15, 0.2) is 5.78 Å². The third-order valence-electron chi connectivity index (χ3n) is 3.68. The van der Waals surface area contributed by atoms with Crippen molar-refractivity contribution < 1.29 is 9.53 Å². The van der Waals surface area contributed by atoms with Crippen LogP contribution in [0, 0.1) is 0 Å². The molecule has 0 saturated carbocycles. The van der Waals surface area contributed by atoms with Gasteiger partial charge in [-0.25, -0.2) is 9.97 Å². The van der Waals surface area contributed by atoms with Crippen LogP contribution in [-0.4, -0.2) is 34.9 Å². The minimum Gasteiger partial charge on any atom is -0.488 e. The highest BCUT2D eigenvalue weighted by atomic mass is 16.5. The normalized spacial score (nSPS) is 14.4. The van der Waals surface area contributed by atoms with Gasteiger partial charge in [-0.05, 0) is 17.7 Å². The molecule has 114 valence electrons. The molecule has 0 radical (unpaired) electrons. The van der Waals surface area contributed by atoms with Crippen LogP contribution in [0.4, 0.5) is 0 Å². The van der Waals surface area contributed by atoms with E-state index in [1.54, 1.807) is 12.4 Å². The van der Waals surface area contributed by atoms with E-state index in [-0.39, 0.29) is 11.9 Å². The number of carbonyl (C=O) groups excluding carboxylic acids is 1. The lowest BCUT2D eigenvalue weighted by Gasteiger charge is -2.27. The van der Waals surface area contributed by atoms with Crippen molar-refractivity contribution in [3.63, 3.8) is 0 Å². The van der Waals surface area contributed by atoms with Crippen molar-refractivity contribution in [3.8, 4) is 5.75 Å². The Kier molecular flexibility index (Phi) is 4.44. The molecule has 22 heavy (non-hydrogen) atoms. The molecule has 5 nitrogen and oxygen atoms in total. The number of nitrogens with zero attached hydrogens (tertiary/aromatic N) is 2. The van der Waals surface area contributed by atoms with Gasteiger partial charge in [-0.3, -0.25) is 4.79 Å². The highest BCUT2D eigenvalue weighted by Crippen LogP contribution is 2.16. The summed E-state index contributed by atoms with van der Waals surface area (Å²) >= 11 is 0. The van der Waals surface area contributed by atoms with Crippen LogP contribution in [-0.2, 0) is 12.8 Å². The van der Waals surface area contributed by atoms with Gasteiger partial charge in [0.2, 0.25) is 0 Å². The molecule has 0 bridgehead atoms. The number of ether oxygens (including phenoxy) is 1. The molecule has 1 saturated heterocycles. The highest BCUT2D eigenvalue weighted by molar-refractivity contribution is 5.96. The first-order valence-electron chi connectivity index (χ1n) is 7.55. The predicted octanol–water partition coefficient (Wildman–Crippen LogP) is 1.81. The van der Waals surface area contributed by atoms with Crippen molar-refractivity contribution in [3.05, 3.63) is 53.6 Å². The van der Waals surface area contributed by atoms with E-state index in [1.807, 2.05) is 31.2 Å². The van der Waals surface area contributed by atoms with Crippen molar-refractivity contribution >= 4 is 5.78 Å². The zero-order valence-corrected chi connectivity index (χ0v) is 12.6. The second-order valence-corrected chi connectivity index (χ2v) is 5.38. The Balaban J connectivity index is 1.60. The Morgan fingerprint density at radius 3 is 2.45 bits per heavy atom. The molecule has 2 heterocycles. The summed E-state index contributed by atoms with van der Waals surface area (Å²) in [5.74, 6) is 1.63. The van der Waals surface area contributed by atoms with Crippen LogP contribution in [0.25, 0.3) is 0 Å². The molecule has 1 aromatic heterocycles. The van der Waals surface area contributed by atoms with Gasteiger partial charge in [-0.2, -0.15) is 0 Å². The molecule has 0 atom stereocenters. The smallest absolute Gasteiger partial charge is 0.170 e. The molecule has 2 aromatic rings. The minimum atomic E-state index is 0.0273. The summed E-state index contributed by atoms with van der Waals surface area (Å²) < 4.78 is 5.75. The van der Waals surface area contributed by atoms with Gasteiger partial charge in [0.1, 0.15) is 17.7 Å². The van der Waals surface area contributed by atoms with E-state index in [2.05, 4.69) is 15.3 Å². The lowest BCUT2D eigenvalue weighted by atomic mass is 10.1. The van der Waals surface area contributed by atoms with Crippen molar-refractivity contribution in [2.45, 2.75) is 25.9 Å². The van der Waals surface area contributed by atoms with Crippen LogP contribution in [0.15, 0.2) is 36.7 Å². The maximum atomic E-state index is 12.2. The quantitative estimate of drug-likeness (QED) is 0.824. The Bertz CT molecular complexity index is 634. The average molecular weight is 297 g/mol. The van der Waals surface area contributed by atoms with Gasteiger partial charge in [0.05, 0.1) is 5.56 Å². The maximum absolute atomic E-state index is 12.2. The van der Waals surface area contributed by atoms with Crippen molar-refractivity contribution in [2.24, 2.45) is 0 Å². The first-order valence-corrected chi connectivity index (χ1v) is 7.55. The van der Waals surface area contributed by atoms with Gasteiger partial charge < -0.3 is 10.1 Å². The van der Waals surface area contributed by atoms with E-state index < -0.39 is 0 Å². The number of hydrogen-bond donors (Lipinski definition) is 1. The fourth-order valence-corrected chi connectivity index (χ4v) is 2.19. The number of nitrogens with one attached hydrogen (secondary N) is 1. The van der Waals surface area contributed by atoms with E-state index in [0.29, 0.717) is 12.0 Å². The topological polar surface area (TPSA) is 64.1 Å². The third-order valence-corrected chi connectivity index (χ3v) is 3.68. The van der Waals surface area contributed by atoms with Crippen LogP contribution >= 0.6 is 0 Å². The Hall–Kier alpha value is -2.27. The Morgan fingerprint density at radius 2 is 1.91 bits per heavy atom. The molecule has 1 N–H and O–H groups in total. The van der Waals surface area contributed by atoms with Gasteiger partial charge in [-0.15, -0.1) is 0 Å². The molecule has 0 amide bonds. The van der Waals surface area contributed by atoms with Gasteiger partial charge in [0.25, 0.3) is 0 Å². The van der Waals surface area contributed by atoms with E-state index >= 15 is 0 Å². The number of aromatic nitrogens is 2. The van der Waals surface area contributed by atoms with E-state index in [9.17, 15) is 4.79 Å². The second-order valence-electron chi connectivity index (χ2n) is 5.38. The van der Waals surface area contributed by atoms with Crippen LogP contribution in [0.2, 0.25) is 0 Å². The molecule has 0 unspecified atom stereocenters. The summed E-state index contributed by atoms with van der Waals surface area (Å²) in [6, 6.07) is 7.69. The van der Waals surface area contributed by atoms with Crippen molar-refractivity contribution in [1.82, 2.24) is 15.3 Å². The molecular weight excluding hydrogens is 278 g/mol. The van der Waals surface area contributed by atoms with Crippen LogP contribution < -0.4 is 10.1 Å². The van der Waals surface area contributed by atoms with E-state index in [0.717, 1.165) is 36.6 Å². The molecule has 3 rings (SSSR count). The fourth-order valence-electron chi connectivity index (χ4n) is 2.19. The monoisotopic (exact) mass is 297 g/mol. The second kappa shape index (κ2) is 6.66. The standard InChI is InChI=1S/C17H19N3O2/c1-2-17-19-8-13(9-20-17)16(21)7-12-3-5-14(6-4-12)22-15-10-18-11-15/h3-6,8-9,15,18H,2,7,10-11H2,1H3. The fraction of sp³-hybridized carbons (Fsp3) is 0.353. The number of Topliss-reactive ketones (excluding diaryl/α,β-unsaturated/α-hetero) is 1. The number of carbonyl (C=O) groups is 1. The highest BCUT2D eigenvalue weighted by Gasteiger charge is 2.18. The Labute approximate surface area is 129 Å². The first kappa shape index (κ1) is 14.7. The number of benzene rings is 1.